The van der Waals surface area contributed by atoms with Crippen LogP contribution in [-0.4, -0.2) is 44.2 Å². The van der Waals surface area contributed by atoms with Crippen LogP contribution < -0.4 is 11.3 Å². The lowest BCUT2D eigenvalue weighted by Crippen LogP contribution is -2.48. The third-order valence-corrected chi connectivity index (χ3v) is 3.48. The van der Waals surface area contributed by atoms with Gasteiger partial charge in [0.1, 0.15) is 11.0 Å². The maximum Gasteiger partial charge on any atom is 0.276 e. The van der Waals surface area contributed by atoms with Gasteiger partial charge in [0, 0.05) is 30.9 Å². The third-order valence-electron chi connectivity index (χ3n) is 3.48. The van der Waals surface area contributed by atoms with Crippen molar-refractivity contribution in [3.63, 3.8) is 0 Å². The van der Waals surface area contributed by atoms with Gasteiger partial charge in [0.15, 0.2) is 0 Å². The first-order valence-electron chi connectivity index (χ1n) is 5.89. The summed E-state index contributed by atoms with van der Waals surface area (Å²) in [7, 11) is 0. The van der Waals surface area contributed by atoms with E-state index in [-0.39, 0.29) is 24.2 Å². The van der Waals surface area contributed by atoms with E-state index in [1.165, 1.54) is 0 Å². The fraction of sp³-hybridized carbons (Fsp3) is 0.455. The summed E-state index contributed by atoms with van der Waals surface area (Å²) in [5, 5.41) is 9.15. The molecule has 1 unspecified atom stereocenters. The Labute approximate surface area is 103 Å². The smallest absolute Gasteiger partial charge is 0.276 e. The van der Waals surface area contributed by atoms with Crippen molar-refractivity contribution in [2.24, 2.45) is 0 Å². The van der Waals surface area contributed by atoms with Crippen molar-refractivity contribution in [3.8, 4) is 0 Å². The molecule has 18 heavy (non-hydrogen) atoms. The fourth-order valence-electron chi connectivity index (χ4n) is 2.33. The summed E-state index contributed by atoms with van der Waals surface area (Å²) in [5.74, 6) is 0.121. The van der Waals surface area contributed by atoms with Gasteiger partial charge in [0.25, 0.3) is 5.56 Å². The molecule has 2 aromatic heterocycles. The molecular weight excluding hydrogens is 234 g/mol. The monoisotopic (exact) mass is 249 g/mol. The van der Waals surface area contributed by atoms with E-state index in [1.807, 2.05) is 0 Å². The zero-order valence-corrected chi connectivity index (χ0v) is 9.81. The van der Waals surface area contributed by atoms with Gasteiger partial charge in [-0.25, -0.2) is 4.98 Å². The van der Waals surface area contributed by atoms with Crippen LogP contribution in [0.2, 0.25) is 0 Å². The van der Waals surface area contributed by atoms with Crippen LogP contribution in [0.4, 0.5) is 5.95 Å². The van der Waals surface area contributed by atoms with E-state index in [1.54, 1.807) is 6.20 Å². The summed E-state index contributed by atoms with van der Waals surface area (Å²) < 4.78 is 0. The normalized spacial score (nSPS) is 20.2. The van der Waals surface area contributed by atoms with Crippen LogP contribution in [0, 0.1) is 0 Å². The van der Waals surface area contributed by atoms with Crippen molar-refractivity contribution in [1.82, 2.24) is 19.9 Å². The summed E-state index contributed by atoms with van der Waals surface area (Å²) in [6, 6.07) is 0.217. The Kier molecular flexibility index (Phi) is 2.57. The molecule has 0 amide bonds. The third kappa shape index (κ3) is 1.68. The van der Waals surface area contributed by atoms with E-state index in [9.17, 15) is 4.79 Å². The number of aromatic nitrogens is 3. The zero-order chi connectivity index (χ0) is 12.7. The number of nitrogen functional groups attached to an aromatic ring is 1. The molecule has 0 spiro atoms. The molecule has 0 aromatic carbocycles. The van der Waals surface area contributed by atoms with Crippen molar-refractivity contribution in [2.75, 3.05) is 18.9 Å². The van der Waals surface area contributed by atoms with E-state index in [2.05, 4.69) is 19.9 Å². The predicted octanol–water partition coefficient (Wildman–Crippen LogP) is -0.600. The lowest BCUT2D eigenvalue weighted by Gasteiger charge is -2.39. The number of nitrogens with one attached hydrogen (secondary N) is 2. The summed E-state index contributed by atoms with van der Waals surface area (Å²) in [5.41, 5.74) is 7.28. The van der Waals surface area contributed by atoms with Gasteiger partial charge in [0.05, 0.1) is 6.61 Å². The number of nitrogens with two attached hydrogens (primary N) is 1. The zero-order valence-electron chi connectivity index (χ0n) is 9.81. The van der Waals surface area contributed by atoms with Gasteiger partial charge in [-0.1, -0.05) is 0 Å². The minimum atomic E-state index is -0.258. The Hall–Kier alpha value is -1.86. The molecule has 7 heteroatoms. The van der Waals surface area contributed by atoms with Crippen LogP contribution in [0.5, 0.6) is 0 Å². The molecule has 1 saturated heterocycles. The number of aromatic amines is 2. The number of H-pyrrole nitrogens is 2. The molecule has 5 N–H and O–H groups in total. The molecule has 0 aliphatic carbocycles. The molecule has 2 aromatic rings. The van der Waals surface area contributed by atoms with Gasteiger partial charge in [-0.15, -0.1) is 0 Å². The van der Waals surface area contributed by atoms with Gasteiger partial charge in [0.2, 0.25) is 5.95 Å². The number of likely N-dealkylation sites (tertiary alicyclic amines) is 1. The van der Waals surface area contributed by atoms with E-state index < -0.39 is 0 Å². The second kappa shape index (κ2) is 4.11. The SMILES string of the molecule is Nc1nc2c(CN3CCC3CO)c[nH]c2c(=O)[nH]1. The predicted molar refractivity (Wildman–Crippen MR) is 67.0 cm³/mol. The Morgan fingerprint density at radius 1 is 1.61 bits per heavy atom. The van der Waals surface area contributed by atoms with Gasteiger partial charge >= 0.3 is 0 Å². The number of aliphatic hydroxyl groups excluding tert-OH is 1. The molecule has 96 valence electrons. The van der Waals surface area contributed by atoms with E-state index in [0.29, 0.717) is 17.6 Å². The van der Waals surface area contributed by atoms with Crippen molar-refractivity contribution >= 4 is 17.0 Å². The largest absolute Gasteiger partial charge is 0.395 e. The van der Waals surface area contributed by atoms with Crippen molar-refractivity contribution in [3.05, 3.63) is 22.1 Å². The van der Waals surface area contributed by atoms with Crippen LogP contribution in [0.25, 0.3) is 11.0 Å². The highest BCUT2D eigenvalue weighted by Crippen LogP contribution is 2.22. The fourth-order valence-corrected chi connectivity index (χ4v) is 2.33. The average Bonchev–Trinajstić information content (AvgIpc) is 2.68. The summed E-state index contributed by atoms with van der Waals surface area (Å²) in [4.78, 5) is 23.3. The Balaban J connectivity index is 1.95. The maximum absolute atomic E-state index is 11.6. The summed E-state index contributed by atoms with van der Waals surface area (Å²) in [6.45, 7) is 1.79. The van der Waals surface area contributed by atoms with Crippen LogP contribution in [0.3, 0.4) is 0 Å². The van der Waals surface area contributed by atoms with Crippen LogP contribution in [0.15, 0.2) is 11.0 Å². The van der Waals surface area contributed by atoms with Crippen molar-refractivity contribution in [2.45, 2.75) is 19.0 Å². The summed E-state index contributed by atoms with van der Waals surface area (Å²) >= 11 is 0. The lowest BCUT2D eigenvalue weighted by atomic mass is 10.0. The van der Waals surface area contributed by atoms with Crippen LogP contribution >= 0.6 is 0 Å². The van der Waals surface area contributed by atoms with E-state index in [0.717, 1.165) is 18.5 Å². The van der Waals surface area contributed by atoms with Crippen LogP contribution in [-0.2, 0) is 6.54 Å². The molecule has 3 rings (SSSR count). The van der Waals surface area contributed by atoms with Gasteiger partial charge in [-0.2, -0.15) is 0 Å². The lowest BCUT2D eigenvalue weighted by molar-refractivity contribution is 0.0359. The topological polar surface area (TPSA) is 111 Å². The van der Waals surface area contributed by atoms with Crippen molar-refractivity contribution in [1.29, 1.82) is 0 Å². The number of rotatable bonds is 3. The highest BCUT2D eigenvalue weighted by atomic mass is 16.3. The second-order valence-electron chi connectivity index (χ2n) is 4.58. The van der Waals surface area contributed by atoms with Crippen LogP contribution in [0.1, 0.15) is 12.0 Å². The molecule has 0 bridgehead atoms. The van der Waals surface area contributed by atoms with E-state index >= 15 is 0 Å². The highest BCUT2D eigenvalue weighted by molar-refractivity contribution is 5.78. The van der Waals surface area contributed by atoms with Gasteiger partial charge in [-0.3, -0.25) is 14.7 Å². The van der Waals surface area contributed by atoms with Crippen molar-refractivity contribution < 1.29 is 5.11 Å². The molecule has 1 fully saturated rings. The molecule has 1 aliphatic rings. The number of hydrogen-bond acceptors (Lipinski definition) is 5. The number of aliphatic hydroxyl groups is 1. The molecule has 1 atom stereocenters. The molecular formula is C11H15N5O2. The minimum Gasteiger partial charge on any atom is -0.395 e. The molecule has 3 heterocycles. The Bertz CT molecular complexity index is 630. The molecule has 1 aliphatic heterocycles. The number of hydrogen-bond donors (Lipinski definition) is 4. The highest BCUT2D eigenvalue weighted by Gasteiger charge is 2.27. The second-order valence-corrected chi connectivity index (χ2v) is 4.58. The first-order valence-corrected chi connectivity index (χ1v) is 5.89. The maximum atomic E-state index is 11.6. The average molecular weight is 249 g/mol. The first kappa shape index (κ1) is 11.2. The summed E-state index contributed by atoms with van der Waals surface area (Å²) in [6.07, 6.45) is 2.79. The number of fused-ring (bicyclic) bond motifs is 1. The number of anilines is 1. The standard InChI is InChI=1S/C11H15N5O2/c12-11-14-8-6(3-13-9(8)10(18)15-11)4-16-2-1-7(16)5-17/h3,7,13,17H,1-2,4-5H2,(H3,12,14,15,18). The first-order chi connectivity index (χ1) is 8.69. The van der Waals surface area contributed by atoms with Gasteiger partial charge < -0.3 is 15.8 Å². The molecule has 7 nitrogen and oxygen atoms in total. The van der Waals surface area contributed by atoms with E-state index in [4.69, 9.17) is 10.8 Å². The Morgan fingerprint density at radius 3 is 3.11 bits per heavy atom. The van der Waals surface area contributed by atoms with Gasteiger partial charge in [-0.05, 0) is 6.42 Å². The molecule has 0 radical (unpaired) electrons. The Morgan fingerprint density at radius 2 is 2.44 bits per heavy atom. The quantitative estimate of drug-likeness (QED) is 0.580. The minimum absolute atomic E-state index is 0.121. The molecule has 0 saturated carbocycles. The number of nitrogens with zero attached hydrogens (tertiary/aromatic N) is 2.